The average Bonchev–Trinajstić information content (AvgIpc) is 2.77. The number of rotatable bonds is 3. The molecule has 0 aliphatic carbocycles. The Balaban J connectivity index is 2.23. The zero-order valence-electron chi connectivity index (χ0n) is 10.1. The summed E-state index contributed by atoms with van der Waals surface area (Å²) in [6, 6.07) is 6.06. The van der Waals surface area contributed by atoms with Gasteiger partial charge in [0.25, 0.3) is 5.91 Å². The first-order chi connectivity index (χ1) is 8.99. The number of nitrogens with one attached hydrogen (secondary N) is 1. The van der Waals surface area contributed by atoms with E-state index in [1.54, 1.807) is 0 Å². The van der Waals surface area contributed by atoms with Gasteiger partial charge in [0.1, 0.15) is 0 Å². The van der Waals surface area contributed by atoms with Gasteiger partial charge in [-0.3, -0.25) is 4.79 Å². The van der Waals surface area contributed by atoms with Gasteiger partial charge >= 0.3 is 5.97 Å². The van der Waals surface area contributed by atoms with Gasteiger partial charge in [-0.2, -0.15) is 0 Å². The molecule has 4 N–H and O–H groups in total. The third kappa shape index (κ3) is 2.74. The third-order valence-corrected chi connectivity index (χ3v) is 3.63. The van der Waals surface area contributed by atoms with Crippen molar-refractivity contribution in [2.75, 3.05) is 11.1 Å². The quantitative estimate of drug-likeness (QED) is 0.751. The van der Waals surface area contributed by atoms with Gasteiger partial charge in [0.15, 0.2) is 0 Å². The summed E-state index contributed by atoms with van der Waals surface area (Å²) >= 11 is 1.34. The Hall–Kier alpha value is -2.34. The second-order valence-corrected chi connectivity index (χ2v) is 4.91. The van der Waals surface area contributed by atoms with Crippen molar-refractivity contribution >= 4 is 34.6 Å². The van der Waals surface area contributed by atoms with Gasteiger partial charge < -0.3 is 16.2 Å². The Bertz CT molecular complexity index is 649. The lowest BCUT2D eigenvalue weighted by Gasteiger charge is -2.08. The van der Waals surface area contributed by atoms with Crippen molar-refractivity contribution in [2.24, 2.45) is 0 Å². The van der Waals surface area contributed by atoms with E-state index in [1.807, 2.05) is 18.4 Å². The van der Waals surface area contributed by atoms with Crippen LogP contribution in [-0.2, 0) is 0 Å². The second kappa shape index (κ2) is 5.11. The molecule has 1 amide bonds. The number of anilines is 2. The molecule has 0 fully saturated rings. The van der Waals surface area contributed by atoms with Gasteiger partial charge in [0, 0.05) is 0 Å². The van der Waals surface area contributed by atoms with Crippen LogP contribution >= 0.6 is 11.3 Å². The van der Waals surface area contributed by atoms with Crippen LogP contribution in [0.2, 0.25) is 0 Å². The zero-order valence-corrected chi connectivity index (χ0v) is 11.0. The highest BCUT2D eigenvalue weighted by Gasteiger charge is 2.13. The maximum atomic E-state index is 12.0. The number of carboxylic acid groups (broad SMARTS) is 1. The fraction of sp³-hybridized carbons (Fsp3) is 0.0769. The van der Waals surface area contributed by atoms with Crippen LogP contribution in [0.1, 0.15) is 25.6 Å². The lowest BCUT2D eigenvalue weighted by Crippen LogP contribution is -2.13. The maximum Gasteiger partial charge on any atom is 0.335 e. The smallest absolute Gasteiger partial charge is 0.335 e. The molecule has 5 nitrogen and oxygen atoms in total. The van der Waals surface area contributed by atoms with Crippen LogP contribution in [0.15, 0.2) is 29.6 Å². The molecular weight excluding hydrogens is 264 g/mol. The minimum absolute atomic E-state index is 0.0859. The van der Waals surface area contributed by atoms with Crippen molar-refractivity contribution in [2.45, 2.75) is 6.92 Å². The van der Waals surface area contributed by atoms with Crippen molar-refractivity contribution in [3.63, 3.8) is 0 Å². The first-order valence-electron chi connectivity index (χ1n) is 5.47. The number of aryl methyl sites for hydroxylation is 1. The number of hydrogen-bond donors (Lipinski definition) is 3. The highest BCUT2D eigenvalue weighted by atomic mass is 32.1. The second-order valence-electron chi connectivity index (χ2n) is 3.99. The van der Waals surface area contributed by atoms with Crippen molar-refractivity contribution in [1.29, 1.82) is 0 Å². The molecule has 0 saturated carbocycles. The van der Waals surface area contributed by atoms with E-state index in [0.717, 1.165) is 5.56 Å². The number of carbonyl (C=O) groups is 2. The Morgan fingerprint density at radius 3 is 2.58 bits per heavy atom. The summed E-state index contributed by atoms with van der Waals surface area (Å²) < 4.78 is 0. The number of thiophene rings is 1. The Labute approximate surface area is 113 Å². The molecule has 6 heteroatoms. The summed E-state index contributed by atoms with van der Waals surface area (Å²) in [5.74, 6) is -1.30. The number of nitrogen functional groups attached to an aromatic ring is 1. The standard InChI is InChI=1S/C13H12N2O3S/c1-7-4-5-19-11(7)12(16)15-10-3-2-8(13(17)18)6-9(10)14/h2-6H,14H2,1H3,(H,15,16)(H,17,18). The Morgan fingerprint density at radius 2 is 2.05 bits per heavy atom. The normalized spacial score (nSPS) is 10.2. The maximum absolute atomic E-state index is 12.0. The van der Waals surface area contributed by atoms with E-state index in [0.29, 0.717) is 10.6 Å². The molecule has 0 spiro atoms. The fourth-order valence-electron chi connectivity index (χ4n) is 1.59. The molecule has 19 heavy (non-hydrogen) atoms. The van der Waals surface area contributed by atoms with Gasteiger partial charge in [-0.05, 0) is 42.1 Å². The summed E-state index contributed by atoms with van der Waals surface area (Å²) in [5, 5.41) is 13.3. The predicted molar refractivity (Wildman–Crippen MR) is 74.8 cm³/mol. The van der Waals surface area contributed by atoms with Gasteiger partial charge in [-0.25, -0.2) is 4.79 Å². The van der Waals surface area contributed by atoms with E-state index in [1.165, 1.54) is 29.5 Å². The van der Waals surface area contributed by atoms with Crippen LogP contribution in [0, 0.1) is 6.92 Å². The number of carbonyl (C=O) groups excluding carboxylic acids is 1. The number of aromatic carboxylic acids is 1. The van der Waals surface area contributed by atoms with E-state index < -0.39 is 5.97 Å². The molecule has 1 aromatic heterocycles. The largest absolute Gasteiger partial charge is 0.478 e. The fourth-order valence-corrected chi connectivity index (χ4v) is 2.41. The van der Waals surface area contributed by atoms with Crippen LogP contribution in [0.5, 0.6) is 0 Å². The monoisotopic (exact) mass is 276 g/mol. The van der Waals surface area contributed by atoms with Crippen LogP contribution in [-0.4, -0.2) is 17.0 Å². The molecule has 2 rings (SSSR count). The highest BCUT2D eigenvalue weighted by molar-refractivity contribution is 7.12. The van der Waals surface area contributed by atoms with Crippen LogP contribution in [0.3, 0.4) is 0 Å². The number of benzene rings is 1. The molecule has 1 aromatic carbocycles. The molecule has 2 aromatic rings. The van der Waals surface area contributed by atoms with Crippen molar-refractivity contribution < 1.29 is 14.7 Å². The van der Waals surface area contributed by atoms with E-state index in [4.69, 9.17) is 10.8 Å². The summed E-state index contributed by atoms with van der Waals surface area (Å²) in [7, 11) is 0. The SMILES string of the molecule is Cc1ccsc1C(=O)Nc1ccc(C(=O)O)cc1N. The molecule has 0 aliphatic heterocycles. The van der Waals surface area contributed by atoms with Crippen LogP contribution in [0.25, 0.3) is 0 Å². The van der Waals surface area contributed by atoms with Gasteiger partial charge in [0.2, 0.25) is 0 Å². The van der Waals surface area contributed by atoms with E-state index in [9.17, 15) is 9.59 Å². The van der Waals surface area contributed by atoms with E-state index in [2.05, 4.69) is 5.32 Å². The minimum Gasteiger partial charge on any atom is -0.478 e. The van der Waals surface area contributed by atoms with E-state index >= 15 is 0 Å². The van der Waals surface area contributed by atoms with Gasteiger partial charge in [0.05, 0.1) is 21.8 Å². The molecule has 0 bridgehead atoms. The molecular formula is C13H12N2O3S. The number of nitrogens with two attached hydrogens (primary N) is 1. The summed E-state index contributed by atoms with van der Waals surface area (Å²) in [5.41, 5.74) is 7.33. The molecule has 0 saturated heterocycles. The van der Waals surface area contributed by atoms with Crippen molar-refractivity contribution in [1.82, 2.24) is 0 Å². The highest BCUT2D eigenvalue weighted by Crippen LogP contribution is 2.23. The van der Waals surface area contributed by atoms with Crippen molar-refractivity contribution in [3.05, 3.63) is 45.6 Å². The lowest BCUT2D eigenvalue weighted by atomic mass is 10.1. The predicted octanol–water partition coefficient (Wildman–Crippen LogP) is 2.59. The molecule has 0 aliphatic rings. The molecule has 0 atom stereocenters. The summed E-state index contributed by atoms with van der Waals surface area (Å²) in [6.07, 6.45) is 0. The first-order valence-corrected chi connectivity index (χ1v) is 6.35. The molecule has 0 radical (unpaired) electrons. The lowest BCUT2D eigenvalue weighted by molar-refractivity contribution is 0.0697. The van der Waals surface area contributed by atoms with Gasteiger partial charge in [-0.1, -0.05) is 0 Å². The minimum atomic E-state index is -1.06. The number of amides is 1. The number of carboxylic acids is 1. The van der Waals surface area contributed by atoms with Crippen molar-refractivity contribution in [3.8, 4) is 0 Å². The molecule has 0 unspecified atom stereocenters. The molecule has 1 heterocycles. The molecule has 98 valence electrons. The average molecular weight is 276 g/mol. The third-order valence-electron chi connectivity index (χ3n) is 2.62. The Kier molecular flexibility index (Phi) is 3.52. The number of hydrogen-bond acceptors (Lipinski definition) is 4. The first kappa shape index (κ1) is 13.1. The summed E-state index contributed by atoms with van der Waals surface area (Å²) in [6.45, 7) is 1.85. The zero-order chi connectivity index (χ0) is 14.0. The summed E-state index contributed by atoms with van der Waals surface area (Å²) in [4.78, 5) is 23.4. The van der Waals surface area contributed by atoms with Crippen LogP contribution in [0.4, 0.5) is 11.4 Å². The van der Waals surface area contributed by atoms with E-state index in [-0.39, 0.29) is 17.2 Å². The topological polar surface area (TPSA) is 92.4 Å². The van der Waals surface area contributed by atoms with Crippen LogP contribution < -0.4 is 11.1 Å². The Morgan fingerprint density at radius 1 is 1.32 bits per heavy atom. The van der Waals surface area contributed by atoms with Gasteiger partial charge in [-0.15, -0.1) is 11.3 Å².